The SMILES string of the molecule is c1ccc([C@@H]2OOC3(CCCCC3)O2)cc1. The van der Waals surface area contributed by atoms with Crippen molar-refractivity contribution in [3.8, 4) is 0 Å². The molecule has 1 saturated heterocycles. The molecule has 1 saturated carbocycles. The van der Waals surface area contributed by atoms with Gasteiger partial charge >= 0.3 is 0 Å². The molecule has 1 aliphatic carbocycles. The second-order valence-corrected chi connectivity index (χ2v) is 4.51. The van der Waals surface area contributed by atoms with Crippen molar-refractivity contribution in [3.05, 3.63) is 35.9 Å². The molecule has 0 bridgehead atoms. The smallest absolute Gasteiger partial charge is 0.220 e. The Morgan fingerprint density at radius 2 is 1.75 bits per heavy atom. The molecule has 1 atom stereocenters. The molecule has 3 heteroatoms. The predicted octanol–water partition coefficient (Wildman–Crippen LogP) is 3.32. The first-order valence-corrected chi connectivity index (χ1v) is 5.95. The molecule has 1 aromatic rings. The predicted molar refractivity (Wildman–Crippen MR) is 58.3 cm³/mol. The molecular formula is C13H16O3. The molecule has 0 N–H and O–H groups in total. The highest BCUT2D eigenvalue weighted by Crippen LogP contribution is 2.43. The lowest BCUT2D eigenvalue weighted by atomic mass is 9.94. The van der Waals surface area contributed by atoms with Gasteiger partial charge in [-0.05, 0) is 12.8 Å². The van der Waals surface area contributed by atoms with E-state index < -0.39 is 5.79 Å². The van der Waals surface area contributed by atoms with Crippen LogP contribution in [0.4, 0.5) is 0 Å². The Labute approximate surface area is 95.2 Å². The van der Waals surface area contributed by atoms with Crippen LogP contribution < -0.4 is 0 Å². The monoisotopic (exact) mass is 220 g/mol. The molecule has 3 nitrogen and oxygen atoms in total. The van der Waals surface area contributed by atoms with E-state index in [1.165, 1.54) is 6.42 Å². The first-order chi connectivity index (χ1) is 7.88. The summed E-state index contributed by atoms with van der Waals surface area (Å²) in [7, 11) is 0. The molecule has 86 valence electrons. The fourth-order valence-electron chi connectivity index (χ4n) is 2.39. The van der Waals surface area contributed by atoms with E-state index in [4.69, 9.17) is 14.5 Å². The van der Waals surface area contributed by atoms with Crippen LogP contribution in [0, 0.1) is 0 Å². The van der Waals surface area contributed by atoms with Crippen LogP contribution in [0.2, 0.25) is 0 Å². The summed E-state index contributed by atoms with van der Waals surface area (Å²) in [6.45, 7) is 0. The van der Waals surface area contributed by atoms with Crippen molar-refractivity contribution in [2.24, 2.45) is 0 Å². The first kappa shape index (κ1) is 10.3. The van der Waals surface area contributed by atoms with Gasteiger partial charge in [0.05, 0.1) is 0 Å². The Bertz CT molecular complexity index is 343. The maximum absolute atomic E-state index is 5.93. The molecule has 16 heavy (non-hydrogen) atoms. The van der Waals surface area contributed by atoms with Crippen LogP contribution in [0.5, 0.6) is 0 Å². The molecule has 1 aliphatic heterocycles. The standard InChI is InChI=1S/C13H16O3/c1-3-7-11(8-4-1)12-14-13(16-15-12)9-5-2-6-10-13/h1,3-4,7-8,12H,2,5-6,9-10H2/t12-/m0/s1. The van der Waals surface area contributed by atoms with Gasteiger partial charge in [0.15, 0.2) is 0 Å². The fraction of sp³-hybridized carbons (Fsp3) is 0.538. The van der Waals surface area contributed by atoms with Crippen LogP contribution >= 0.6 is 0 Å². The number of ether oxygens (including phenoxy) is 1. The van der Waals surface area contributed by atoms with Crippen molar-refractivity contribution in [1.82, 2.24) is 0 Å². The number of rotatable bonds is 1. The van der Waals surface area contributed by atoms with Crippen LogP contribution in [0.1, 0.15) is 44.0 Å². The van der Waals surface area contributed by atoms with Gasteiger partial charge in [-0.3, -0.25) is 0 Å². The fourth-order valence-corrected chi connectivity index (χ4v) is 2.39. The summed E-state index contributed by atoms with van der Waals surface area (Å²) in [4.78, 5) is 10.7. The van der Waals surface area contributed by atoms with Crippen LogP contribution in [-0.4, -0.2) is 5.79 Å². The molecule has 2 aliphatic rings. The first-order valence-electron chi connectivity index (χ1n) is 5.95. The second kappa shape index (κ2) is 4.17. The minimum atomic E-state index is -0.473. The van der Waals surface area contributed by atoms with Crippen LogP contribution in [0.15, 0.2) is 30.3 Å². The van der Waals surface area contributed by atoms with Gasteiger partial charge in [-0.25, -0.2) is 0 Å². The third kappa shape index (κ3) is 1.86. The largest absolute Gasteiger partial charge is 0.311 e. The van der Waals surface area contributed by atoms with Gasteiger partial charge in [0.2, 0.25) is 12.1 Å². The summed E-state index contributed by atoms with van der Waals surface area (Å²) >= 11 is 0. The van der Waals surface area contributed by atoms with Gasteiger partial charge in [-0.15, -0.1) is 0 Å². The summed E-state index contributed by atoms with van der Waals surface area (Å²) in [6, 6.07) is 9.93. The topological polar surface area (TPSA) is 27.7 Å². The van der Waals surface area contributed by atoms with E-state index in [9.17, 15) is 0 Å². The molecule has 0 radical (unpaired) electrons. The Kier molecular flexibility index (Phi) is 2.67. The minimum Gasteiger partial charge on any atom is -0.311 e. The Hall–Kier alpha value is -0.900. The summed E-state index contributed by atoms with van der Waals surface area (Å²) in [5.41, 5.74) is 1.02. The average Bonchev–Trinajstić information content (AvgIpc) is 2.75. The van der Waals surface area contributed by atoms with E-state index in [0.29, 0.717) is 0 Å². The van der Waals surface area contributed by atoms with E-state index in [1.54, 1.807) is 0 Å². The molecule has 0 unspecified atom stereocenters. The van der Waals surface area contributed by atoms with Gasteiger partial charge in [0.1, 0.15) is 0 Å². The molecule has 1 aromatic carbocycles. The summed E-state index contributed by atoms with van der Waals surface area (Å²) < 4.78 is 5.93. The zero-order valence-electron chi connectivity index (χ0n) is 9.22. The van der Waals surface area contributed by atoms with E-state index in [0.717, 1.165) is 31.2 Å². The third-order valence-electron chi connectivity index (χ3n) is 3.30. The normalized spacial score (nSPS) is 28.4. The van der Waals surface area contributed by atoms with E-state index >= 15 is 0 Å². The molecule has 1 heterocycles. The highest BCUT2D eigenvalue weighted by atomic mass is 17.3. The maximum atomic E-state index is 5.93. The average molecular weight is 220 g/mol. The molecule has 0 amide bonds. The van der Waals surface area contributed by atoms with Crippen LogP contribution in [0.25, 0.3) is 0 Å². The summed E-state index contributed by atoms with van der Waals surface area (Å²) in [5, 5.41) is 0. The third-order valence-corrected chi connectivity index (χ3v) is 3.30. The van der Waals surface area contributed by atoms with Gasteiger partial charge < -0.3 is 4.74 Å². The van der Waals surface area contributed by atoms with Gasteiger partial charge in [-0.1, -0.05) is 36.8 Å². The van der Waals surface area contributed by atoms with Crippen molar-refractivity contribution in [2.45, 2.75) is 44.2 Å². The summed E-state index contributed by atoms with van der Waals surface area (Å²) in [6.07, 6.45) is 5.10. The molecule has 3 rings (SSSR count). The van der Waals surface area contributed by atoms with Crippen LogP contribution in [0.3, 0.4) is 0 Å². The molecule has 2 fully saturated rings. The molecular weight excluding hydrogens is 204 g/mol. The highest BCUT2D eigenvalue weighted by molar-refractivity contribution is 5.16. The van der Waals surface area contributed by atoms with E-state index in [1.807, 2.05) is 30.3 Å². The van der Waals surface area contributed by atoms with Crippen molar-refractivity contribution in [3.63, 3.8) is 0 Å². The lowest BCUT2D eigenvalue weighted by molar-refractivity contribution is -0.338. The molecule has 1 spiro atoms. The van der Waals surface area contributed by atoms with Gasteiger partial charge in [-0.2, -0.15) is 9.78 Å². The van der Waals surface area contributed by atoms with Crippen molar-refractivity contribution >= 4 is 0 Å². The van der Waals surface area contributed by atoms with Crippen LogP contribution in [-0.2, 0) is 14.5 Å². The minimum absolute atomic E-state index is 0.362. The maximum Gasteiger partial charge on any atom is 0.220 e. The number of benzene rings is 1. The lowest BCUT2D eigenvalue weighted by Gasteiger charge is -2.28. The van der Waals surface area contributed by atoms with Gasteiger partial charge in [0.25, 0.3) is 0 Å². The quantitative estimate of drug-likeness (QED) is 0.679. The van der Waals surface area contributed by atoms with E-state index in [-0.39, 0.29) is 6.29 Å². The second-order valence-electron chi connectivity index (χ2n) is 4.51. The number of hydrogen-bond donors (Lipinski definition) is 0. The Morgan fingerprint density at radius 1 is 1.00 bits per heavy atom. The van der Waals surface area contributed by atoms with Crippen molar-refractivity contribution < 1.29 is 14.5 Å². The number of hydrogen-bond acceptors (Lipinski definition) is 3. The lowest BCUT2D eigenvalue weighted by Crippen LogP contribution is -2.32. The highest BCUT2D eigenvalue weighted by Gasteiger charge is 2.44. The van der Waals surface area contributed by atoms with E-state index in [2.05, 4.69) is 0 Å². The zero-order valence-corrected chi connectivity index (χ0v) is 9.22. The Balaban J connectivity index is 1.73. The summed E-state index contributed by atoms with van der Waals surface area (Å²) in [5.74, 6) is -0.473. The zero-order chi connectivity index (χ0) is 10.8. The van der Waals surface area contributed by atoms with Crippen molar-refractivity contribution in [1.29, 1.82) is 0 Å². The Morgan fingerprint density at radius 3 is 2.50 bits per heavy atom. The molecule has 0 aromatic heterocycles. The van der Waals surface area contributed by atoms with Gasteiger partial charge in [0, 0.05) is 18.4 Å². The van der Waals surface area contributed by atoms with Crippen molar-refractivity contribution in [2.75, 3.05) is 0 Å².